The number of amides is 1. The van der Waals surface area contributed by atoms with E-state index >= 15 is 0 Å². The fraction of sp³-hybridized carbons (Fsp3) is 0.0455. The maximum Gasteiger partial charge on any atom is 0.252 e. The van der Waals surface area contributed by atoms with Crippen molar-refractivity contribution in [2.45, 2.75) is 16.3 Å². The summed E-state index contributed by atoms with van der Waals surface area (Å²) in [5.74, 6) is -0.156. The van der Waals surface area contributed by atoms with Crippen molar-refractivity contribution in [1.29, 1.82) is 5.26 Å². The number of carbonyl (C=O) groups excluding carboxylic acids is 1. The first kappa shape index (κ1) is 18.2. The molecule has 1 N–H and O–H groups in total. The van der Waals surface area contributed by atoms with E-state index < -0.39 is 0 Å². The van der Waals surface area contributed by atoms with Gasteiger partial charge in [-0.2, -0.15) is 5.26 Å². The molecule has 1 aromatic heterocycles. The quantitative estimate of drug-likeness (QED) is 0.496. The fourth-order valence-electron chi connectivity index (χ4n) is 2.76. The highest BCUT2D eigenvalue weighted by Gasteiger charge is 2.14. The van der Waals surface area contributed by atoms with E-state index in [1.807, 2.05) is 60.7 Å². The molecule has 3 aromatic carbocycles. The number of rotatable bonds is 5. The van der Waals surface area contributed by atoms with Crippen LogP contribution in [-0.2, 0) is 6.54 Å². The zero-order valence-corrected chi connectivity index (χ0v) is 16.4. The number of benzene rings is 3. The largest absolute Gasteiger partial charge is 0.345 e. The Morgan fingerprint density at radius 2 is 1.71 bits per heavy atom. The second-order valence-corrected chi connectivity index (χ2v) is 8.16. The maximum atomic E-state index is 12.8. The molecule has 0 saturated heterocycles. The molecule has 0 bridgehead atoms. The second kappa shape index (κ2) is 8.26. The van der Waals surface area contributed by atoms with Gasteiger partial charge >= 0.3 is 0 Å². The lowest BCUT2D eigenvalue weighted by Gasteiger charge is -2.10. The van der Waals surface area contributed by atoms with E-state index in [0.717, 1.165) is 25.0 Å². The summed E-state index contributed by atoms with van der Waals surface area (Å²) in [5.41, 5.74) is 2.12. The van der Waals surface area contributed by atoms with Gasteiger partial charge in [0.2, 0.25) is 0 Å². The van der Waals surface area contributed by atoms with Gasteiger partial charge < -0.3 is 5.32 Å². The van der Waals surface area contributed by atoms with E-state index in [9.17, 15) is 10.1 Å². The summed E-state index contributed by atoms with van der Waals surface area (Å²) in [6, 6.07) is 24.9. The number of thiazole rings is 1. The Morgan fingerprint density at radius 3 is 2.54 bits per heavy atom. The Bertz CT molecular complexity index is 1160. The highest BCUT2D eigenvalue weighted by Crippen LogP contribution is 2.32. The molecule has 136 valence electrons. The minimum absolute atomic E-state index is 0.156. The first-order valence-electron chi connectivity index (χ1n) is 8.63. The monoisotopic (exact) mass is 401 g/mol. The van der Waals surface area contributed by atoms with Crippen LogP contribution in [0.1, 0.15) is 20.9 Å². The Hall–Kier alpha value is -3.14. The van der Waals surface area contributed by atoms with Crippen LogP contribution < -0.4 is 5.32 Å². The Labute approximate surface area is 170 Å². The van der Waals surface area contributed by atoms with Crippen molar-refractivity contribution in [3.8, 4) is 6.07 Å². The van der Waals surface area contributed by atoms with Gasteiger partial charge in [-0.05, 0) is 36.4 Å². The number of hydrogen-bond donors (Lipinski definition) is 1. The van der Waals surface area contributed by atoms with E-state index in [2.05, 4.69) is 16.4 Å². The molecule has 0 atom stereocenters. The number of hydrogen-bond acceptors (Lipinski definition) is 5. The zero-order valence-electron chi connectivity index (χ0n) is 14.8. The van der Waals surface area contributed by atoms with Crippen molar-refractivity contribution in [1.82, 2.24) is 10.3 Å². The number of para-hydroxylation sites is 1. The molecule has 28 heavy (non-hydrogen) atoms. The van der Waals surface area contributed by atoms with Gasteiger partial charge in [0, 0.05) is 9.79 Å². The van der Waals surface area contributed by atoms with Crippen molar-refractivity contribution >= 4 is 39.2 Å². The summed E-state index contributed by atoms with van der Waals surface area (Å²) in [7, 11) is 0. The van der Waals surface area contributed by atoms with Crippen molar-refractivity contribution in [3.63, 3.8) is 0 Å². The lowest BCUT2D eigenvalue weighted by Crippen LogP contribution is -2.23. The van der Waals surface area contributed by atoms with Crippen molar-refractivity contribution in [3.05, 3.63) is 88.9 Å². The Morgan fingerprint density at radius 1 is 1.00 bits per heavy atom. The average Bonchev–Trinajstić information content (AvgIpc) is 3.16. The van der Waals surface area contributed by atoms with Crippen LogP contribution in [0.5, 0.6) is 0 Å². The highest BCUT2D eigenvalue weighted by atomic mass is 32.2. The normalized spacial score (nSPS) is 10.5. The average molecular weight is 402 g/mol. The van der Waals surface area contributed by atoms with E-state index in [1.165, 1.54) is 11.8 Å². The molecule has 4 nitrogen and oxygen atoms in total. The van der Waals surface area contributed by atoms with Gasteiger partial charge in [-0.1, -0.05) is 48.2 Å². The number of aromatic nitrogens is 1. The molecular weight excluding hydrogens is 386 g/mol. The predicted molar refractivity (Wildman–Crippen MR) is 113 cm³/mol. The molecule has 1 amide bonds. The first-order chi connectivity index (χ1) is 13.7. The molecule has 0 unspecified atom stereocenters. The second-order valence-electron chi connectivity index (χ2n) is 5.96. The summed E-state index contributed by atoms with van der Waals surface area (Å²) in [6.45, 7) is 0.381. The van der Waals surface area contributed by atoms with Gasteiger partial charge in [-0.3, -0.25) is 4.79 Å². The van der Waals surface area contributed by atoms with Crippen molar-refractivity contribution < 1.29 is 4.79 Å². The summed E-state index contributed by atoms with van der Waals surface area (Å²) in [5, 5.41) is 13.1. The number of nitrogens with one attached hydrogen (secondary N) is 1. The molecule has 4 aromatic rings. The predicted octanol–water partition coefficient (Wildman–Crippen LogP) is 5.25. The standard InChI is InChI=1S/C22H15N3OS2/c23-13-15-7-1-4-10-18(15)27-19-11-5-2-8-16(19)22(26)24-14-21-25-17-9-3-6-12-20(17)28-21/h1-12H,14H2,(H,24,26). The molecule has 0 aliphatic heterocycles. The van der Waals surface area contributed by atoms with Crippen LogP contribution in [0.4, 0.5) is 0 Å². The summed E-state index contributed by atoms with van der Waals surface area (Å²) in [4.78, 5) is 19.0. The van der Waals surface area contributed by atoms with Gasteiger partial charge in [0.1, 0.15) is 11.1 Å². The molecule has 6 heteroatoms. The zero-order chi connectivity index (χ0) is 19.3. The molecule has 0 aliphatic rings. The third kappa shape index (κ3) is 3.91. The van der Waals surface area contributed by atoms with E-state index in [-0.39, 0.29) is 5.91 Å². The van der Waals surface area contributed by atoms with Crippen LogP contribution in [0.25, 0.3) is 10.2 Å². The number of carbonyl (C=O) groups is 1. The van der Waals surface area contributed by atoms with Crippen LogP contribution in [0.3, 0.4) is 0 Å². The minimum atomic E-state index is -0.156. The third-order valence-electron chi connectivity index (χ3n) is 4.10. The topological polar surface area (TPSA) is 65.8 Å². The summed E-state index contributed by atoms with van der Waals surface area (Å²) < 4.78 is 1.11. The maximum absolute atomic E-state index is 12.8. The molecule has 0 saturated carbocycles. The molecular formula is C22H15N3OS2. The molecule has 0 fully saturated rings. The smallest absolute Gasteiger partial charge is 0.252 e. The summed E-state index contributed by atoms with van der Waals surface area (Å²) >= 11 is 3.00. The number of fused-ring (bicyclic) bond motifs is 1. The number of nitrogens with zero attached hydrogens (tertiary/aromatic N) is 2. The third-order valence-corrected chi connectivity index (χ3v) is 6.29. The highest BCUT2D eigenvalue weighted by molar-refractivity contribution is 7.99. The van der Waals surface area contributed by atoms with Gasteiger partial charge in [0.15, 0.2) is 0 Å². The van der Waals surface area contributed by atoms with Crippen LogP contribution >= 0.6 is 23.1 Å². The number of nitriles is 1. The molecule has 0 spiro atoms. The van der Waals surface area contributed by atoms with Crippen LogP contribution in [0.2, 0.25) is 0 Å². The van der Waals surface area contributed by atoms with Gasteiger partial charge in [-0.15, -0.1) is 11.3 Å². The fourth-order valence-corrected chi connectivity index (χ4v) is 4.69. The van der Waals surface area contributed by atoms with Crippen LogP contribution in [0.15, 0.2) is 82.6 Å². The van der Waals surface area contributed by atoms with Gasteiger partial charge in [-0.25, -0.2) is 4.98 Å². The minimum Gasteiger partial charge on any atom is -0.345 e. The SMILES string of the molecule is N#Cc1ccccc1Sc1ccccc1C(=O)NCc1nc2ccccc2s1. The van der Waals surface area contributed by atoms with Gasteiger partial charge in [0.05, 0.1) is 27.9 Å². The molecule has 0 aliphatic carbocycles. The van der Waals surface area contributed by atoms with Crippen molar-refractivity contribution in [2.24, 2.45) is 0 Å². The van der Waals surface area contributed by atoms with Crippen LogP contribution in [0, 0.1) is 11.3 Å². The molecule has 0 radical (unpaired) electrons. The van der Waals surface area contributed by atoms with Gasteiger partial charge in [0.25, 0.3) is 5.91 Å². The Kier molecular flexibility index (Phi) is 5.38. The Balaban J connectivity index is 1.52. The lowest BCUT2D eigenvalue weighted by molar-refractivity contribution is 0.0948. The van der Waals surface area contributed by atoms with Crippen molar-refractivity contribution in [2.75, 3.05) is 0 Å². The molecule has 1 heterocycles. The molecule has 4 rings (SSSR count). The van der Waals surface area contributed by atoms with E-state index in [0.29, 0.717) is 17.7 Å². The van der Waals surface area contributed by atoms with E-state index in [1.54, 1.807) is 23.5 Å². The summed E-state index contributed by atoms with van der Waals surface area (Å²) in [6.07, 6.45) is 0. The first-order valence-corrected chi connectivity index (χ1v) is 10.3. The van der Waals surface area contributed by atoms with Crippen LogP contribution in [-0.4, -0.2) is 10.9 Å². The van der Waals surface area contributed by atoms with E-state index in [4.69, 9.17) is 0 Å². The lowest BCUT2D eigenvalue weighted by atomic mass is 10.2.